The van der Waals surface area contributed by atoms with Gasteiger partial charge in [-0.15, -0.1) is 0 Å². The maximum absolute atomic E-state index is 10.9. The van der Waals surface area contributed by atoms with E-state index in [9.17, 15) is 4.79 Å². The number of carboxylic acids is 1. The van der Waals surface area contributed by atoms with Crippen molar-refractivity contribution in [3.8, 4) is 11.3 Å². The average Bonchev–Trinajstić information content (AvgIpc) is 2.90. The van der Waals surface area contributed by atoms with Crippen LogP contribution < -0.4 is 0 Å². The molecule has 3 aromatic rings. The smallest absolute Gasteiger partial charge is 0.347 e. The molecule has 0 aliphatic carbocycles. The van der Waals surface area contributed by atoms with Gasteiger partial charge < -0.3 is 5.11 Å². The number of benzene rings is 1. The second-order valence-corrected chi connectivity index (χ2v) is 5.52. The van der Waals surface area contributed by atoms with Gasteiger partial charge in [0.15, 0.2) is 4.96 Å². The zero-order valence-electron chi connectivity index (χ0n) is 10.5. The van der Waals surface area contributed by atoms with Crippen LogP contribution >= 0.6 is 11.3 Å². The molecule has 0 aliphatic rings. The highest BCUT2D eigenvalue weighted by atomic mass is 32.1. The minimum Gasteiger partial charge on any atom is -0.477 e. The molecule has 0 aliphatic heterocycles. The van der Waals surface area contributed by atoms with Crippen LogP contribution in [0, 0.1) is 13.8 Å². The SMILES string of the molecule is Cc1ccc(-c2cn3cc(C(=O)O)sc3n2)cc1C. The Morgan fingerprint density at radius 3 is 2.68 bits per heavy atom. The van der Waals surface area contributed by atoms with Gasteiger partial charge in [-0.05, 0) is 31.0 Å². The molecule has 0 saturated heterocycles. The van der Waals surface area contributed by atoms with Crippen molar-refractivity contribution in [3.63, 3.8) is 0 Å². The van der Waals surface area contributed by atoms with Gasteiger partial charge in [0.2, 0.25) is 0 Å². The molecular weight excluding hydrogens is 260 g/mol. The molecule has 0 atom stereocenters. The molecule has 0 saturated carbocycles. The lowest BCUT2D eigenvalue weighted by Gasteiger charge is -2.01. The third-order valence-electron chi connectivity index (χ3n) is 3.17. The number of rotatable bonds is 2. The Labute approximate surface area is 114 Å². The summed E-state index contributed by atoms with van der Waals surface area (Å²) in [6.07, 6.45) is 3.46. The molecule has 2 heterocycles. The van der Waals surface area contributed by atoms with Gasteiger partial charge in [-0.3, -0.25) is 4.40 Å². The summed E-state index contributed by atoms with van der Waals surface area (Å²) in [5, 5.41) is 8.93. The fourth-order valence-electron chi connectivity index (χ4n) is 1.93. The summed E-state index contributed by atoms with van der Waals surface area (Å²) in [7, 11) is 0. The molecule has 0 unspecified atom stereocenters. The number of imidazole rings is 1. The quantitative estimate of drug-likeness (QED) is 0.778. The molecule has 96 valence electrons. The summed E-state index contributed by atoms with van der Waals surface area (Å²) in [4.78, 5) is 16.3. The first-order valence-electron chi connectivity index (χ1n) is 5.84. The molecule has 19 heavy (non-hydrogen) atoms. The number of hydrogen-bond acceptors (Lipinski definition) is 3. The lowest BCUT2D eigenvalue weighted by Crippen LogP contribution is -1.90. The van der Waals surface area contributed by atoms with Crippen molar-refractivity contribution in [3.05, 3.63) is 46.6 Å². The van der Waals surface area contributed by atoms with Crippen LogP contribution in [0.15, 0.2) is 30.6 Å². The minimum atomic E-state index is -0.914. The summed E-state index contributed by atoms with van der Waals surface area (Å²) in [6.45, 7) is 4.14. The first-order chi connectivity index (χ1) is 9.04. The van der Waals surface area contributed by atoms with Crippen LogP contribution in [0.5, 0.6) is 0 Å². The Kier molecular flexibility index (Phi) is 2.64. The molecule has 0 radical (unpaired) electrons. The van der Waals surface area contributed by atoms with Gasteiger partial charge in [-0.25, -0.2) is 9.78 Å². The number of fused-ring (bicyclic) bond motifs is 1. The second kappa shape index (κ2) is 4.20. The molecule has 0 fully saturated rings. The van der Waals surface area contributed by atoms with Crippen molar-refractivity contribution in [2.75, 3.05) is 0 Å². The summed E-state index contributed by atoms with van der Waals surface area (Å²) in [5.41, 5.74) is 4.39. The normalized spacial score (nSPS) is 11.1. The van der Waals surface area contributed by atoms with Crippen LogP contribution in [0.1, 0.15) is 20.8 Å². The van der Waals surface area contributed by atoms with E-state index < -0.39 is 5.97 Å². The topological polar surface area (TPSA) is 54.6 Å². The highest BCUT2D eigenvalue weighted by Gasteiger charge is 2.12. The van der Waals surface area contributed by atoms with Crippen molar-refractivity contribution >= 4 is 22.3 Å². The summed E-state index contributed by atoms with van der Waals surface area (Å²) >= 11 is 1.18. The maximum Gasteiger partial charge on any atom is 0.347 e. The Hall–Kier alpha value is -2.14. The fourth-order valence-corrected chi connectivity index (χ4v) is 2.74. The number of thiazole rings is 1. The number of aromatic nitrogens is 2. The molecule has 0 bridgehead atoms. The molecule has 0 amide bonds. The van der Waals surface area contributed by atoms with Gasteiger partial charge in [-0.1, -0.05) is 23.5 Å². The number of hydrogen-bond donors (Lipinski definition) is 1. The van der Waals surface area contributed by atoms with Crippen molar-refractivity contribution in [1.82, 2.24) is 9.38 Å². The number of aromatic carboxylic acids is 1. The molecular formula is C14H12N2O2S. The Balaban J connectivity index is 2.08. The monoisotopic (exact) mass is 272 g/mol. The highest BCUT2D eigenvalue weighted by molar-refractivity contribution is 7.18. The second-order valence-electron chi connectivity index (χ2n) is 4.52. The van der Waals surface area contributed by atoms with Crippen LogP contribution in [0.3, 0.4) is 0 Å². The van der Waals surface area contributed by atoms with E-state index in [1.807, 2.05) is 12.3 Å². The van der Waals surface area contributed by atoms with Crippen LogP contribution in [-0.2, 0) is 0 Å². The van der Waals surface area contributed by atoms with E-state index in [4.69, 9.17) is 5.11 Å². The van der Waals surface area contributed by atoms with E-state index in [-0.39, 0.29) is 0 Å². The standard InChI is InChI=1S/C14H12N2O2S/c1-8-3-4-10(5-9(8)2)11-6-16-7-12(13(17)18)19-14(16)15-11/h3-7H,1-2H3,(H,17,18). The van der Waals surface area contributed by atoms with Gasteiger partial charge in [0, 0.05) is 18.0 Å². The number of carboxylic acid groups (broad SMARTS) is 1. The number of carbonyl (C=O) groups is 1. The van der Waals surface area contributed by atoms with E-state index >= 15 is 0 Å². The van der Waals surface area contributed by atoms with Gasteiger partial charge in [0.25, 0.3) is 0 Å². The Bertz CT molecular complexity index is 754. The van der Waals surface area contributed by atoms with Crippen LogP contribution in [0.25, 0.3) is 16.2 Å². The van der Waals surface area contributed by atoms with Gasteiger partial charge in [0.1, 0.15) is 4.88 Å². The zero-order chi connectivity index (χ0) is 13.6. The highest BCUT2D eigenvalue weighted by Crippen LogP contribution is 2.25. The van der Waals surface area contributed by atoms with Crippen molar-refractivity contribution in [1.29, 1.82) is 0 Å². The zero-order valence-corrected chi connectivity index (χ0v) is 11.4. The molecule has 3 rings (SSSR count). The van der Waals surface area contributed by atoms with Crippen LogP contribution in [0.4, 0.5) is 0 Å². The molecule has 0 spiro atoms. The predicted octanol–water partition coefficient (Wildman–Crippen LogP) is 3.38. The Morgan fingerprint density at radius 2 is 2.05 bits per heavy atom. The van der Waals surface area contributed by atoms with Crippen LogP contribution in [-0.4, -0.2) is 20.5 Å². The third-order valence-corrected chi connectivity index (χ3v) is 4.15. The lowest BCUT2D eigenvalue weighted by atomic mass is 10.1. The van der Waals surface area contributed by atoms with E-state index in [1.165, 1.54) is 22.5 Å². The molecule has 5 heteroatoms. The van der Waals surface area contributed by atoms with E-state index in [2.05, 4.69) is 31.0 Å². The molecule has 2 aromatic heterocycles. The minimum absolute atomic E-state index is 0.300. The molecule has 1 N–H and O–H groups in total. The van der Waals surface area contributed by atoms with Gasteiger partial charge >= 0.3 is 5.97 Å². The van der Waals surface area contributed by atoms with Crippen molar-refractivity contribution in [2.24, 2.45) is 0 Å². The van der Waals surface area contributed by atoms with Gasteiger partial charge in [0.05, 0.1) is 5.69 Å². The van der Waals surface area contributed by atoms with Crippen molar-refractivity contribution < 1.29 is 9.90 Å². The number of nitrogens with zero attached hydrogens (tertiary/aromatic N) is 2. The fraction of sp³-hybridized carbons (Fsp3) is 0.143. The van der Waals surface area contributed by atoms with Crippen molar-refractivity contribution in [2.45, 2.75) is 13.8 Å². The lowest BCUT2D eigenvalue weighted by molar-refractivity contribution is 0.0702. The largest absolute Gasteiger partial charge is 0.477 e. The Morgan fingerprint density at radius 1 is 1.26 bits per heavy atom. The van der Waals surface area contributed by atoms with Gasteiger partial charge in [-0.2, -0.15) is 0 Å². The average molecular weight is 272 g/mol. The maximum atomic E-state index is 10.9. The summed E-state index contributed by atoms with van der Waals surface area (Å²) < 4.78 is 1.76. The van der Waals surface area contributed by atoms with E-state index in [0.717, 1.165) is 11.3 Å². The predicted molar refractivity (Wildman–Crippen MR) is 74.9 cm³/mol. The first-order valence-corrected chi connectivity index (χ1v) is 6.66. The summed E-state index contributed by atoms with van der Waals surface area (Å²) in [5.74, 6) is -0.914. The molecule has 1 aromatic carbocycles. The summed E-state index contributed by atoms with van der Waals surface area (Å²) in [6, 6.07) is 6.20. The molecule has 4 nitrogen and oxygen atoms in total. The van der Waals surface area contributed by atoms with E-state index in [0.29, 0.717) is 9.84 Å². The third kappa shape index (κ3) is 2.02. The van der Waals surface area contributed by atoms with E-state index in [1.54, 1.807) is 10.6 Å². The number of aryl methyl sites for hydroxylation is 2. The van der Waals surface area contributed by atoms with Crippen LogP contribution in [0.2, 0.25) is 0 Å². The first kappa shape index (κ1) is 11.9.